The first-order valence-corrected chi connectivity index (χ1v) is 4.14. The van der Waals surface area contributed by atoms with E-state index in [0.717, 1.165) is 0 Å². The lowest BCUT2D eigenvalue weighted by Gasteiger charge is -2.10. The summed E-state index contributed by atoms with van der Waals surface area (Å²) in [6.07, 6.45) is 0.693. The number of nitrogens with zero attached hydrogens (tertiary/aromatic N) is 1. The van der Waals surface area contributed by atoms with Gasteiger partial charge in [-0.15, -0.1) is 0 Å². The molecule has 3 heteroatoms. The summed E-state index contributed by atoms with van der Waals surface area (Å²) in [7, 11) is 0. The normalized spacial score (nSPS) is 12.2. The molecule has 1 atom stereocenters. The van der Waals surface area contributed by atoms with Crippen molar-refractivity contribution in [3.8, 4) is 6.07 Å². The molecule has 0 unspecified atom stereocenters. The molecule has 0 aromatic heterocycles. The van der Waals surface area contributed by atoms with Crippen LogP contribution in [0.5, 0.6) is 0 Å². The Hall–Kier alpha value is -1.40. The number of halogens is 1. The third-order valence-electron chi connectivity index (χ3n) is 1.97. The molecule has 2 nitrogen and oxygen atoms in total. The zero-order chi connectivity index (χ0) is 9.84. The van der Waals surface area contributed by atoms with Gasteiger partial charge in [0, 0.05) is 6.04 Å². The number of nitrogens with two attached hydrogens (primary N) is 1. The highest BCUT2D eigenvalue weighted by Gasteiger charge is 2.09. The van der Waals surface area contributed by atoms with Gasteiger partial charge in [0.25, 0.3) is 0 Å². The lowest BCUT2D eigenvalue weighted by Crippen LogP contribution is -2.10. The molecule has 0 aliphatic rings. The highest BCUT2D eigenvalue weighted by atomic mass is 19.1. The predicted octanol–water partition coefficient (Wildman–Crippen LogP) is 2.11. The van der Waals surface area contributed by atoms with Crippen LogP contribution in [-0.4, -0.2) is 0 Å². The topological polar surface area (TPSA) is 49.8 Å². The minimum Gasteiger partial charge on any atom is -0.324 e. The van der Waals surface area contributed by atoms with Gasteiger partial charge in [-0.25, -0.2) is 4.39 Å². The van der Waals surface area contributed by atoms with Crippen molar-refractivity contribution in [2.75, 3.05) is 0 Å². The number of hydrogen-bond acceptors (Lipinski definition) is 2. The molecule has 68 valence electrons. The molecule has 0 aliphatic carbocycles. The molecule has 0 radical (unpaired) electrons. The Balaban J connectivity index is 3.17. The Morgan fingerprint density at radius 3 is 2.85 bits per heavy atom. The van der Waals surface area contributed by atoms with Gasteiger partial charge in [-0.2, -0.15) is 5.26 Å². The maximum absolute atomic E-state index is 12.8. The van der Waals surface area contributed by atoms with Crippen molar-refractivity contribution in [1.29, 1.82) is 5.26 Å². The molecule has 1 rings (SSSR count). The van der Waals surface area contributed by atoms with Crippen LogP contribution in [0.25, 0.3) is 0 Å². The third kappa shape index (κ3) is 2.04. The van der Waals surface area contributed by atoms with E-state index in [1.807, 2.05) is 13.0 Å². The molecule has 0 amide bonds. The van der Waals surface area contributed by atoms with Gasteiger partial charge in [-0.1, -0.05) is 6.92 Å². The number of rotatable bonds is 2. The van der Waals surface area contributed by atoms with E-state index in [1.165, 1.54) is 18.2 Å². The summed E-state index contributed by atoms with van der Waals surface area (Å²) in [4.78, 5) is 0. The molecule has 0 saturated heterocycles. The Kier molecular flexibility index (Phi) is 2.99. The fourth-order valence-corrected chi connectivity index (χ4v) is 1.16. The largest absolute Gasteiger partial charge is 0.324 e. The summed E-state index contributed by atoms with van der Waals surface area (Å²) < 4.78 is 12.8. The Labute approximate surface area is 76.8 Å². The first-order valence-electron chi connectivity index (χ1n) is 4.14. The Bertz CT molecular complexity index is 341. The number of hydrogen-bond donors (Lipinski definition) is 1. The lowest BCUT2D eigenvalue weighted by atomic mass is 10.00. The van der Waals surface area contributed by atoms with Crippen LogP contribution in [0.1, 0.15) is 30.5 Å². The maximum Gasteiger partial charge on any atom is 0.123 e. The average Bonchev–Trinajstić information content (AvgIpc) is 2.16. The summed E-state index contributed by atoms with van der Waals surface area (Å²) in [6, 6.07) is 5.79. The van der Waals surface area contributed by atoms with Crippen LogP contribution in [-0.2, 0) is 0 Å². The molecule has 1 aromatic carbocycles. The van der Waals surface area contributed by atoms with Gasteiger partial charge < -0.3 is 5.73 Å². The maximum atomic E-state index is 12.8. The van der Waals surface area contributed by atoms with Gasteiger partial charge in [-0.3, -0.25) is 0 Å². The van der Waals surface area contributed by atoms with Crippen LogP contribution in [0.4, 0.5) is 4.39 Å². The minimum atomic E-state index is -0.349. The SMILES string of the molecule is CC[C@H](N)c1cc(F)ccc1C#N. The van der Waals surface area contributed by atoms with Crippen LogP contribution in [0, 0.1) is 17.1 Å². The van der Waals surface area contributed by atoms with Crippen molar-refractivity contribution in [3.05, 3.63) is 35.1 Å². The summed E-state index contributed by atoms with van der Waals surface area (Å²) in [5.41, 5.74) is 6.76. The molecular formula is C10H11FN2. The van der Waals surface area contributed by atoms with E-state index in [2.05, 4.69) is 0 Å². The van der Waals surface area contributed by atoms with Crippen LogP contribution < -0.4 is 5.73 Å². The molecule has 13 heavy (non-hydrogen) atoms. The summed E-state index contributed by atoms with van der Waals surface area (Å²) in [5.74, 6) is -0.349. The molecule has 0 heterocycles. The fraction of sp³-hybridized carbons (Fsp3) is 0.300. The second-order valence-corrected chi connectivity index (χ2v) is 2.86. The standard InChI is InChI=1S/C10H11FN2/c1-2-10(13)9-5-8(11)4-3-7(9)6-12/h3-5,10H,2,13H2,1H3/t10-/m0/s1. The van der Waals surface area contributed by atoms with Crippen LogP contribution >= 0.6 is 0 Å². The highest BCUT2D eigenvalue weighted by molar-refractivity contribution is 5.39. The van der Waals surface area contributed by atoms with Crippen molar-refractivity contribution in [1.82, 2.24) is 0 Å². The van der Waals surface area contributed by atoms with Gasteiger partial charge in [0.2, 0.25) is 0 Å². The van der Waals surface area contributed by atoms with Crippen molar-refractivity contribution in [3.63, 3.8) is 0 Å². The van der Waals surface area contributed by atoms with E-state index in [4.69, 9.17) is 11.0 Å². The molecule has 0 aliphatic heterocycles. The first-order chi connectivity index (χ1) is 6.19. The van der Waals surface area contributed by atoms with E-state index in [1.54, 1.807) is 0 Å². The van der Waals surface area contributed by atoms with Crippen molar-refractivity contribution >= 4 is 0 Å². The molecule has 0 bridgehead atoms. The van der Waals surface area contributed by atoms with E-state index in [-0.39, 0.29) is 11.9 Å². The first kappa shape index (κ1) is 9.69. The van der Waals surface area contributed by atoms with E-state index in [0.29, 0.717) is 17.5 Å². The second-order valence-electron chi connectivity index (χ2n) is 2.86. The number of nitriles is 1. The number of benzene rings is 1. The average molecular weight is 178 g/mol. The van der Waals surface area contributed by atoms with Gasteiger partial charge in [0.05, 0.1) is 11.6 Å². The monoisotopic (exact) mass is 178 g/mol. The third-order valence-corrected chi connectivity index (χ3v) is 1.97. The van der Waals surface area contributed by atoms with Gasteiger partial charge >= 0.3 is 0 Å². The molecular weight excluding hydrogens is 167 g/mol. The zero-order valence-electron chi connectivity index (χ0n) is 7.42. The van der Waals surface area contributed by atoms with Crippen molar-refractivity contribution in [2.24, 2.45) is 5.73 Å². The minimum absolute atomic E-state index is 0.259. The summed E-state index contributed by atoms with van der Waals surface area (Å²) in [6.45, 7) is 1.90. The Morgan fingerprint density at radius 2 is 2.31 bits per heavy atom. The molecule has 2 N–H and O–H groups in total. The highest BCUT2D eigenvalue weighted by Crippen LogP contribution is 2.19. The lowest BCUT2D eigenvalue weighted by molar-refractivity contribution is 0.616. The van der Waals surface area contributed by atoms with E-state index < -0.39 is 0 Å². The van der Waals surface area contributed by atoms with Crippen LogP contribution in [0.2, 0.25) is 0 Å². The summed E-state index contributed by atoms with van der Waals surface area (Å²) >= 11 is 0. The van der Waals surface area contributed by atoms with E-state index in [9.17, 15) is 4.39 Å². The zero-order valence-corrected chi connectivity index (χ0v) is 7.42. The van der Waals surface area contributed by atoms with Crippen molar-refractivity contribution in [2.45, 2.75) is 19.4 Å². The van der Waals surface area contributed by atoms with Crippen LogP contribution in [0.3, 0.4) is 0 Å². The molecule has 0 saturated carbocycles. The Morgan fingerprint density at radius 1 is 1.62 bits per heavy atom. The molecule has 0 fully saturated rings. The van der Waals surface area contributed by atoms with Crippen LogP contribution in [0.15, 0.2) is 18.2 Å². The quantitative estimate of drug-likeness (QED) is 0.754. The second kappa shape index (κ2) is 4.01. The molecule has 0 spiro atoms. The smallest absolute Gasteiger partial charge is 0.123 e. The van der Waals surface area contributed by atoms with Gasteiger partial charge in [0.1, 0.15) is 5.82 Å². The molecule has 1 aromatic rings. The van der Waals surface area contributed by atoms with Crippen molar-refractivity contribution < 1.29 is 4.39 Å². The van der Waals surface area contributed by atoms with Gasteiger partial charge in [0.15, 0.2) is 0 Å². The fourth-order valence-electron chi connectivity index (χ4n) is 1.16. The van der Waals surface area contributed by atoms with Gasteiger partial charge in [-0.05, 0) is 30.2 Å². The predicted molar refractivity (Wildman–Crippen MR) is 48.3 cm³/mol. The summed E-state index contributed by atoms with van der Waals surface area (Å²) in [5, 5.41) is 8.73. The van der Waals surface area contributed by atoms with E-state index >= 15 is 0 Å².